The molecule has 2 aliphatic rings. The standard InChI is InChI=1S/C17H19F3N2O4S2/c1-16(2,3)14(23)21-15-22(12-8-28(24,25)9-13(12)27-15)10-4-6-11(7-5-10)26-17(18,19)20/h4-7,12-13H,8-9H2,1-3H3/t12-,13-/m1/s1. The maximum Gasteiger partial charge on any atom is 0.573 e. The van der Waals surface area contributed by atoms with Gasteiger partial charge in [0.05, 0.1) is 17.5 Å². The first-order valence-corrected chi connectivity index (χ1v) is 11.1. The number of hydrogen-bond acceptors (Lipinski definition) is 5. The van der Waals surface area contributed by atoms with Crippen LogP contribution in [0.4, 0.5) is 18.9 Å². The van der Waals surface area contributed by atoms with Crippen LogP contribution in [-0.2, 0) is 14.6 Å². The zero-order chi connectivity index (χ0) is 20.9. The molecule has 2 saturated heterocycles. The molecule has 2 atom stereocenters. The van der Waals surface area contributed by atoms with Gasteiger partial charge in [-0.3, -0.25) is 4.79 Å². The molecule has 6 nitrogen and oxygen atoms in total. The van der Waals surface area contributed by atoms with Crippen molar-refractivity contribution in [2.75, 3.05) is 16.4 Å². The molecule has 11 heteroatoms. The monoisotopic (exact) mass is 436 g/mol. The van der Waals surface area contributed by atoms with Crippen molar-refractivity contribution in [1.29, 1.82) is 0 Å². The quantitative estimate of drug-likeness (QED) is 0.709. The van der Waals surface area contributed by atoms with E-state index >= 15 is 0 Å². The molecule has 154 valence electrons. The van der Waals surface area contributed by atoms with Crippen LogP contribution in [0.15, 0.2) is 29.3 Å². The summed E-state index contributed by atoms with van der Waals surface area (Å²) in [5.41, 5.74) is -0.264. The molecule has 0 aliphatic carbocycles. The molecule has 3 rings (SSSR count). The summed E-state index contributed by atoms with van der Waals surface area (Å²) >= 11 is 1.21. The van der Waals surface area contributed by atoms with Crippen LogP contribution in [0.3, 0.4) is 0 Å². The Bertz CT molecular complexity index is 906. The minimum absolute atomic E-state index is 0.0309. The van der Waals surface area contributed by atoms with Crippen LogP contribution < -0.4 is 9.64 Å². The van der Waals surface area contributed by atoms with Crippen molar-refractivity contribution in [2.45, 2.75) is 38.4 Å². The topological polar surface area (TPSA) is 76.0 Å². The largest absolute Gasteiger partial charge is 0.573 e. The third-order valence-corrected chi connectivity index (χ3v) is 7.46. The average Bonchev–Trinajstić information content (AvgIpc) is 2.96. The van der Waals surface area contributed by atoms with E-state index in [0.717, 1.165) is 12.1 Å². The second kappa shape index (κ2) is 6.94. The summed E-state index contributed by atoms with van der Waals surface area (Å²) in [6, 6.07) is 4.65. The van der Waals surface area contributed by atoms with Crippen molar-refractivity contribution in [3.05, 3.63) is 24.3 Å². The highest BCUT2D eigenvalue weighted by atomic mass is 32.2. The van der Waals surface area contributed by atoms with Crippen molar-refractivity contribution < 1.29 is 31.1 Å². The van der Waals surface area contributed by atoms with Gasteiger partial charge in [0.1, 0.15) is 5.75 Å². The molecular formula is C17H19F3N2O4S2. The fourth-order valence-corrected chi connectivity index (χ4v) is 6.84. The van der Waals surface area contributed by atoms with Gasteiger partial charge >= 0.3 is 6.36 Å². The number of halogens is 3. The fourth-order valence-electron chi connectivity index (χ4n) is 2.93. The van der Waals surface area contributed by atoms with Gasteiger partial charge in [-0.1, -0.05) is 32.5 Å². The number of ether oxygens (including phenoxy) is 1. The number of sulfone groups is 1. The molecule has 0 unspecified atom stereocenters. The molecule has 2 heterocycles. The lowest BCUT2D eigenvalue weighted by Gasteiger charge is -2.25. The first-order valence-electron chi connectivity index (χ1n) is 8.40. The van der Waals surface area contributed by atoms with E-state index in [-0.39, 0.29) is 28.4 Å². The van der Waals surface area contributed by atoms with E-state index in [2.05, 4.69) is 9.73 Å². The van der Waals surface area contributed by atoms with Crippen LogP contribution in [0, 0.1) is 5.41 Å². The number of fused-ring (bicyclic) bond motifs is 1. The molecule has 1 amide bonds. The molecule has 2 fully saturated rings. The number of amidine groups is 1. The van der Waals surface area contributed by atoms with Gasteiger partial charge in [-0.25, -0.2) is 8.42 Å². The number of amides is 1. The fraction of sp³-hybridized carbons (Fsp3) is 0.529. The summed E-state index contributed by atoms with van der Waals surface area (Å²) in [6.07, 6.45) is -4.80. The summed E-state index contributed by atoms with van der Waals surface area (Å²) in [4.78, 5) is 18.2. The molecule has 0 N–H and O–H groups in total. The van der Waals surface area contributed by atoms with Crippen LogP contribution in [0.25, 0.3) is 0 Å². The van der Waals surface area contributed by atoms with Gasteiger partial charge in [0, 0.05) is 16.4 Å². The number of rotatable bonds is 2. The van der Waals surface area contributed by atoms with Gasteiger partial charge in [0.2, 0.25) is 0 Å². The molecule has 0 radical (unpaired) electrons. The molecule has 0 bridgehead atoms. The Labute approximate surface area is 165 Å². The molecule has 2 aliphatic heterocycles. The Morgan fingerprint density at radius 3 is 2.32 bits per heavy atom. The first-order chi connectivity index (χ1) is 12.8. The van der Waals surface area contributed by atoms with E-state index in [1.807, 2.05) is 0 Å². The van der Waals surface area contributed by atoms with E-state index < -0.39 is 27.7 Å². The van der Waals surface area contributed by atoms with E-state index in [1.165, 1.54) is 23.9 Å². The average molecular weight is 436 g/mol. The van der Waals surface area contributed by atoms with E-state index in [1.54, 1.807) is 25.7 Å². The summed E-state index contributed by atoms with van der Waals surface area (Å²) in [7, 11) is -3.23. The predicted octanol–water partition coefficient (Wildman–Crippen LogP) is 3.23. The zero-order valence-electron chi connectivity index (χ0n) is 15.4. The molecule has 28 heavy (non-hydrogen) atoms. The third-order valence-electron chi connectivity index (χ3n) is 4.25. The number of thioether (sulfide) groups is 1. The van der Waals surface area contributed by atoms with Gasteiger partial charge in [-0.2, -0.15) is 4.99 Å². The van der Waals surface area contributed by atoms with E-state index in [0.29, 0.717) is 10.9 Å². The highest BCUT2D eigenvalue weighted by Gasteiger charge is 2.49. The van der Waals surface area contributed by atoms with Crippen LogP contribution in [0.5, 0.6) is 5.75 Å². The Morgan fingerprint density at radius 1 is 1.18 bits per heavy atom. The first kappa shape index (κ1) is 21.0. The Balaban J connectivity index is 1.95. The number of carbonyl (C=O) groups excluding carboxylic acids is 1. The smallest absolute Gasteiger partial charge is 0.406 e. The maximum absolute atomic E-state index is 12.4. The summed E-state index contributed by atoms with van der Waals surface area (Å²) in [6.45, 7) is 5.16. The number of alkyl halides is 3. The number of nitrogens with zero attached hydrogens (tertiary/aromatic N) is 2. The lowest BCUT2D eigenvalue weighted by Crippen LogP contribution is -2.38. The van der Waals surface area contributed by atoms with Gasteiger partial charge in [-0.05, 0) is 24.3 Å². The number of aliphatic imine (C=N–C) groups is 1. The van der Waals surface area contributed by atoms with Crippen molar-refractivity contribution in [1.82, 2.24) is 0 Å². The summed E-state index contributed by atoms with van der Waals surface area (Å²) in [5, 5.41) is 0.0666. The Morgan fingerprint density at radius 2 is 1.79 bits per heavy atom. The zero-order valence-corrected chi connectivity index (χ0v) is 17.0. The van der Waals surface area contributed by atoms with Gasteiger partial charge < -0.3 is 9.64 Å². The van der Waals surface area contributed by atoms with Gasteiger partial charge in [0.15, 0.2) is 15.0 Å². The second-order valence-corrected chi connectivity index (χ2v) is 11.0. The van der Waals surface area contributed by atoms with Crippen LogP contribution >= 0.6 is 11.8 Å². The van der Waals surface area contributed by atoms with Crippen LogP contribution in [0.1, 0.15) is 20.8 Å². The number of hydrogen-bond donors (Lipinski definition) is 0. The normalized spacial score (nSPS) is 25.8. The molecule has 0 saturated carbocycles. The Kier molecular flexibility index (Phi) is 5.20. The maximum atomic E-state index is 12.4. The van der Waals surface area contributed by atoms with Crippen LogP contribution in [-0.4, -0.2) is 48.7 Å². The Hall–Kier alpha value is -1.75. The van der Waals surface area contributed by atoms with Crippen LogP contribution in [0.2, 0.25) is 0 Å². The predicted molar refractivity (Wildman–Crippen MR) is 101 cm³/mol. The lowest BCUT2D eigenvalue weighted by molar-refractivity contribution is -0.274. The van der Waals surface area contributed by atoms with Crippen molar-refractivity contribution in [2.24, 2.45) is 10.4 Å². The summed E-state index contributed by atoms with van der Waals surface area (Å²) < 4.78 is 65.0. The molecular weight excluding hydrogens is 417 g/mol. The number of anilines is 1. The van der Waals surface area contributed by atoms with Crippen molar-refractivity contribution in [3.63, 3.8) is 0 Å². The minimum atomic E-state index is -4.80. The summed E-state index contributed by atoms with van der Waals surface area (Å²) in [5.74, 6) is -0.881. The highest BCUT2D eigenvalue weighted by Crippen LogP contribution is 2.41. The van der Waals surface area contributed by atoms with Gasteiger partial charge in [-0.15, -0.1) is 13.2 Å². The minimum Gasteiger partial charge on any atom is -0.406 e. The lowest BCUT2D eigenvalue weighted by atomic mass is 9.96. The molecule has 0 spiro atoms. The van der Waals surface area contributed by atoms with E-state index in [9.17, 15) is 26.4 Å². The molecule has 0 aromatic heterocycles. The molecule has 1 aromatic carbocycles. The van der Waals surface area contributed by atoms with Gasteiger partial charge in [0.25, 0.3) is 5.91 Å². The van der Waals surface area contributed by atoms with E-state index in [4.69, 9.17) is 0 Å². The third kappa shape index (κ3) is 4.62. The molecule has 1 aromatic rings. The van der Waals surface area contributed by atoms with Crippen molar-refractivity contribution >= 4 is 38.4 Å². The number of carbonyl (C=O) groups is 1. The highest BCUT2D eigenvalue weighted by molar-refractivity contribution is 8.16. The van der Waals surface area contributed by atoms with Crippen molar-refractivity contribution in [3.8, 4) is 5.75 Å². The SMILES string of the molecule is CC(C)(C)C(=O)N=C1S[C@@H]2CS(=O)(=O)C[C@H]2N1c1ccc(OC(F)(F)F)cc1. The number of benzene rings is 1. The second-order valence-electron chi connectivity index (χ2n) is 7.66.